The first-order valence-corrected chi connectivity index (χ1v) is 18.8. The number of hydrogen-bond donors (Lipinski definition) is 0. The maximum Gasteiger partial charge on any atom is 0.235 e. The molecular formula is C46H25N3S2. The Labute approximate surface area is 299 Å². The molecule has 0 N–H and O–H groups in total. The smallest absolute Gasteiger partial charge is 0.235 e. The third-order valence-corrected chi connectivity index (χ3v) is 13.0. The number of para-hydroxylation sites is 2. The molecule has 0 aliphatic heterocycles. The third-order valence-electron chi connectivity index (χ3n) is 10.6. The fraction of sp³-hybridized carbons (Fsp3) is 0. The molecule has 0 radical (unpaired) electrons. The van der Waals surface area contributed by atoms with Gasteiger partial charge in [0.05, 0.1) is 26.9 Å². The van der Waals surface area contributed by atoms with Crippen molar-refractivity contribution in [2.45, 2.75) is 0 Å². The van der Waals surface area contributed by atoms with Crippen LogP contribution in [0, 0.1) is 0 Å². The molecule has 0 aliphatic carbocycles. The highest BCUT2D eigenvalue weighted by atomic mass is 32.1. The van der Waals surface area contributed by atoms with E-state index in [2.05, 4.69) is 156 Å². The molecule has 12 rings (SSSR count). The zero-order valence-corrected chi connectivity index (χ0v) is 28.7. The van der Waals surface area contributed by atoms with Gasteiger partial charge in [-0.05, 0) is 40.4 Å². The minimum absolute atomic E-state index is 0.686. The molecule has 236 valence electrons. The number of fused-ring (bicyclic) bond motifs is 17. The van der Waals surface area contributed by atoms with Crippen molar-refractivity contribution >= 4 is 117 Å². The Balaban J connectivity index is 1.33. The van der Waals surface area contributed by atoms with Crippen LogP contribution in [0.1, 0.15) is 0 Å². The molecule has 51 heavy (non-hydrogen) atoms. The molecule has 0 amide bonds. The van der Waals surface area contributed by atoms with Gasteiger partial charge in [-0.15, -0.1) is 22.7 Å². The van der Waals surface area contributed by atoms with Gasteiger partial charge in [-0.25, -0.2) is 9.97 Å². The summed E-state index contributed by atoms with van der Waals surface area (Å²) < 4.78 is 7.55. The van der Waals surface area contributed by atoms with Crippen molar-refractivity contribution in [3.8, 4) is 17.2 Å². The molecule has 0 aliphatic rings. The van der Waals surface area contributed by atoms with Crippen molar-refractivity contribution in [2.24, 2.45) is 0 Å². The van der Waals surface area contributed by atoms with Crippen LogP contribution in [0.3, 0.4) is 0 Å². The van der Waals surface area contributed by atoms with E-state index in [1.54, 1.807) is 0 Å². The molecule has 0 atom stereocenters. The van der Waals surface area contributed by atoms with E-state index in [4.69, 9.17) is 9.97 Å². The van der Waals surface area contributed by atoms with E-state index in [1.165, 1.54) is 78.2 Å². The van der Waals surface area contributed by atoms with Gasteiger partial charge < -0.3 is 0 Å². The first kappa shape index (κ1) is 27.7. The van der Waals surface area contributed by atoms with Crippen LogP contribution in [0.5, 0.6) is 0 Å². The van der Waals surface area contributed by atoms with Gasteiger partial charge in [-0.2, -0.15) is 0 Å². The van der Waals surface area contributed by atoms with Gasteiger partial charge in [0.1, 0.15) is 0 Å². The minimum atomic E-state index is 0.686. The van der Waals surface area contributed by atoms with Crippen molar-refractivity contribution in [3.05, 3.63) is 152 Å². The predicted molar refractivity (Wildman–Crippen MR) is 220 cm³/mol. The van der Waals surface area contributed by atoms with Crippen LogP contribution >= 0.6 is 22.7 Å². The van der Waals surface area contributed by atoms with Crippen molar-refractivity contribution in [3.63, 3.8) is 0 Å². The summed E-state index contributed by atoms with van der Waals surface area (Å²) in [6.45, 7) is 0. The summed E-state index contributed by atoms with van der Waals surface area (Å²) in [5.41, 5.74) is 5.22. The molecule has 3 nitrogen and oxygen atoms in total. The minimum Gasteiger partial charge on any atom is -0.276 e. The fourth-order valence-corrected chi connectivity index (χ4v) is 10.9. The van der Waals surface area contributed by atoms with Crippen molar-refractivity contribution in [1.29, 1.82) is 0 Å². The second kappa shape index (κ2) is 10.2. The maximum absolute atomic E-state index is 5.42. The van der Waals surface area contributed by atoms with E-state index in [0.29, 0.717) is 5.95 Å². The van der Waals surface area contributed by atoms with Crippen LogP contribution in [-0.2, 0) is 0 Å². The van der Waals surface area contributed by atoms with Crippen LogP contribution in [-0.4, -0.2) is 14.5 Å². The molecule has 0 spiro atoms. The fourth-order valence-electron chi connectivity index (χ4n) is 8.44. The first-order valence-electron chi connectivity index (χ1n) is 17.2. The van der Waals surface area contributed by atoms with E-state index in [9.17, 15) is 0 Å². The monoisotopic (exact) mass is 683 g/mol. The van der Waals surface area contributed by atoms with Crippen LogP contribution < -0.4 is 0 Å². The van der Waals surface area contributed by atoms with E-state index >= 15 is 0 Å². The van der Waals surface area contributed by atoms with E-state index < -0.39 is 0 Å². The Morgan fingerprint density at radius 1 is 0.412 bits per heavy atom. The molecule has 4 aromatic heterocycles. The molecule has 0 bridgehead atoms. The van der Waals surface area contributed by atoms with E-state index in [-0.39, 0.29) is 0 Å². The predicted octanol–water partition coefficient (Wildman–Crippen LogP) is 13.4. The number of benzene rings is 8. The summed E-state index contributed by atoms with van der Waals surface area (Å²) in [7, 11) is 0. The number of hydrogen-bond acceptors (Lipinski definition) is 4. The standard InChI is InChI=1S/C46H25N3S2/c1-2-13-27(14-3-1)42-29-16-6-9-19-34(29)47-46(48-42)49-35-20-10-7-17-30(35)38-32-24-25-37-39(33-23-22-26-12-4-5-15-28(26)44(33)51-37)40(32)41-31-18-8-11-21-36(31)50-45(41)43(38)49/h1-25H. The molecule has 5 heteroatoms. The van der Waals surface area contributed by atoms with Gasteiger partial charge in [0.2, 0.25) is 5.95 Å². The molecule has 0 unspecified atom stereocenters. The molecule has 4 heterocycles. The number of rotatable bonds is 2. The van der Waals surface area contributed by atoms with Crippen LogP contribution in [0.4, 0.5) is 0 Å². The normalized spacial score (nSPS) is 12.3. The van der Waals surface area contributed by atoms with Crippen molar-refractivity contribution in [2.75, 3.05) is 0 Å². The lowest BCUT2D eigenvalue weighted by molar-refractivity contribution is 1.02. The topological polar surface area (TPSA) is 30.7 Å². The quantitative estimate of drug-likeness (QED) is 0.182. The van der Waals surface area contributed by atoms with Gasteiger partial charge in [0.25, 0.3) is 0 Å². The van der Waals surface area contributed by atoms with Crippen LogP contribution in [0.25, 0.3) is 112 Å². The zero-order valence-electron chi connectivity index (χ0n) is 27.1. The Morgan fingerprint density at radius 2 is 1.12 bits per heavy atom. The van der Waals surface area contributed by atoms with E-state index in [0.717, 1.165) is 27.7 Å². The molecule has 0 saturated heterocycles. The second-order valence-corrected chi connectivity index (χ2v) is 15.4. The molecular weight excluding hydrogens is 659 g/mol. The largest absolute Gasteiger partial charge is 0.276 e. The summed E-state index contributed by atoms with van der Waals surface area (Å²) in [4.78, 5) is 10.7. The summed E-state index contributed by atoms with van der Waals surface area (Å²) in [5.74, 6) is 0.686. The van der Waals surface area contributed by atoms with Gasteiger partial charge in [0, 0.05) is 62.8 Å². The molecule has 12 aromatic rings. The number of aromatic nitrogens is 3. The summed E-state index contributed by atoms with van der Waals surface area (Å²) >= 11 is 3.79. The average molecular weight is 684 g/mol. The molecule has 0 fully saturated rings. The highest BCUT2D eigenvalue weighted by Crippen LogP contribution is 2.52. The summed E-state index contributed by atoms with van der Waals surface area (Å²) in [6.07, 6.45) is 0. The number of thiophene rings is 2. The lowest BCUT2D eigenvalue weighted by Crippen LogP contribution is -2.03. The summed E-state index contributed by atoms with van der Waals surface area (Å²) in [5, 5.41) is 14.0. The third kappa shape index (κ3) is 3.71. The second-order valence-electron chi connectivity index (χ2n) is 13.3. The Kier molecular flexibility index (Phi) is 5.53. The van der Waals surface area contributed by atoms with Crippen molar-refractivity contribution < 1.29 is 0 Å². The van der Waals surface area contributed by atoms with E-state index in [1.807, 2.05) is 22.7 Å². The van der Waals surface area contributed by atoms with Crippen LogP contribution in [0.15, 0.2) is 152 Å². The first-order chi connectivity index (χ1) is 25.3. The van der Waals surface area contributed by atoms with Crippen LogP contribution in [0.2, 0.25) is 0 Å². The zero-order chi connectivity index (χ0) is 33.2. The maximum atomic E-state index is 5.42. The van der Waals surface area contributed by atoms with Gasteiger partial charge >= 0.3 is 0 Å². The Hall–Kier alpha value is -6.14. The Morgan fingerprint density at radius 3 is 2.02 bits per heavy atom. The highest BCUT2D eigenvalue weighted by molar-refractivity contribution is 7.28. The van der Waals surface area contributed by atoms with Crippen molar-refractivity contribution in [1.82, 2.24) is 14.5 Å². The Bertz CT molecular complexity index is 3420. The van der Waals surface area contributed by atoms with Gasteiger partial charge in [0.15, 0.2) is 0 Å². The number of nitrogens with zero attached hydrogens (tertiary/aromatic N) is 3. The molecule has 8 aromatic carbocycles. The highest BCUT2D eigenvalue weighted by Gasteiger charge is 2.25. The van der Waals surface area contributed by atoms with Gasteiger partial charge in [-0.3, -0.25) is 4.57 Å². The lowest BCUT2D eigenvalue weighted by atomic mass is 9.94. The molecule has 0 saturated carbocycles. The SMILES string of the molecule is c1ccc(-c2nc(-n3c4ccccc4c4c5ccc6sc7c8ccccc8ccc7c6c5c5c6ccccc6sc5c43)nc3ccccc23)cc1. The average Bonchev–Trinajstić information content (AvgIpc) is 3.88. The van der Waals surface area contributed by atoms with Gasteiger partial charge in [-0.1, -0.05) is 127 Å². The lowest BCUT2D eigenvalue weighted by Gasteiger charge is -2.13. The summed E-state index contributed by atoms with van der Waals surface area (Å²) in [6, 6.07) is 54.7.